The number of amides is 1. The van der Waals surface area contributed by atoms with E-state index in [1.807, 2.05) is 0 Å². The SMILES string of the molecule is CCCCCCCNC(=O)CCC(C)=O. The van der Waals surface area contributed by atoms with Gasteiger partial charge in [-0.3, -0.25) is 4.79 Å². The second-order valence-corrected chi connectivity index (χ2v) is 3.97. The molecule has 0 heterocycles. The van der Waals surface area contributed by atoms with Crippen molar-refractivity contribution in [2.24, 2.45) is 0 Å². The molecule has 88 valence electrons. The molecule has 0 aromatic rings. The highest BCUT2D eigenvalue weighted by molar-refractivity contribution is 5.83. The molecule has 0 aliphatic carbocycles. The van der Waals surface area contributed by atoms with Crippen molar-refractivity contribution in [2.75, 3.05) is 6.54 Å². The molecule has 15 heavy (non-hydrogen) atoms. The van der Waals surface area contributed by atoms with Crippen LogP contribution in [0.25, 0.3) is 0 Å². The van der Waals surface area contributed by atoms with Crippen LogP contribution in [-0.4, -0.2) is 18.2 Å². The largest absolute Gasteiger partial charge is 0.356 e. The summed E-state index contributed by atoms with van der Waals surface area (Å²) in [5.41, 5.74) is 0. The van der Waals surface area contributed by atoms with E-state index in [0.29, 0.717) is 12.8 Å². The molecule has 3 heteroatoms. The topological polar surface area (TPSA) is 46.2 Å². The van der Waals surface area contributed by atoms with Crippen molar-refractivity contribution in [2.45, 2.75) is 58.8 Å². The lowest BCUT2D eigenvalue weighted by molar-refractivity contribution is -0.124. The Morgan fingerprint density at radius 2 is 1.67 bits per heavy atom. The number of carbonyl (C=O) groups excluding carboxylic acids is 2. The number of unbranched alkanes of at least 4 members (excludes halogenated alkanes) is 4. The highest BCUT2D eigenvalue weighted by Crippen LogP contribution is 2.01. The predicted octanol–water partition coefficient (Wildman–Crippen LogP) is 2.44. The fourth-order valence-corrected chi connectivity index (χ4v) is 1.33. The molecule has 0 radical (unpaired) electrons. The van der Waals surface area contributed by atoms with E-state index in [4.69, 9.17) is 0 Å². The third-order valence-electron chi connectivity index (χ3n) is 2.31. The van der Waals surface area contributed by atoms with Crippen LogP contribution in [0.2, 0.25) is 0 Å². The molecule has 0 aliphatic heterocycles. The number of nitrogens with one attached hydrogen (secondary N) is 1. The van der Waals surface area contributed by atoms with Crippen LogP contribution in [0.3, 0.4) is 0 Å². The lowest BCUT2D eigenvalue weighted by Gasteiger charge is -2.03. The molecular weight excluding hydrogens is 190 g/mol. The predicted molar refractivity (Wildman–Crippen MR) is 61.7 cm³/mol. The summed E-state index contributed by atoms with van der Waals surface area (Å²) in [7, 11) is 0. The van der Waals surface area contributed by atoms with Gasteiger partial charge in [0.2, 0.25) is 5.91 Å². The summed E-state index contributed by atoms with van der Waals surface area (Å²) in [5, 5.41) is 2.82. The van der Waals surface area contributed by atoms with Crippen molar-refractivity contribution in [1.82, 2.24) is 5.32 Å². The maximum atomic E-state index is 11.2. The first-order valence-corrected chi connectivity index (χ1v) is 5.93. The number of hydrogen-bond acceptors (Lipinski definition) is 2. The summed E-state index contributed by atoms with van der Waals surface area (Å²) >= 11 is 0. The van der Waals surface area contributed by atoms with Crippen LogP contribution in [0, 0.1) is 0 Å². The summed E-state index contributed by atoms with van der Waals surface area (Å²) in [5.74, 6) is 0.0776. The van der Waals surface area contributed by atoms with E-state index in [9.17, 15) is 9.59 Å². The van der Waals surface area contributed by atoms with Crippen LogP contribution < -0.4 is 5.32 Å². The summed E-state index contributed by atoms with van der Waals surface area (Å²) in [6, 6.07) is 0. The molecule has 0 aromatic carbocycles. The van der Waals surface area contributed by atoms with E-state index >= 15 is 0 Å². The Bertz CT molecular complexity index is 190. The molecule has 0 aromatic heterocycles. The van der Waals surface area contributed by atoms with Crippen LogP contribution in [-0.2, 0) is 9.59 Å². The first-order valence-electron chi connectivity index (χ1n) is 5.93. The number of hydrogen-bond donors (Lipinski definition) is 1. The maximum Gasteiger partial charge on any atom is 0.220 e. The van der Waals surface area contributed by atoms with E-state index in [2.05, 4.69) is 12.2 Å². The summed E-state index contributed by atoms with van der Waals surface area (Å²) in [4.78, 5) is 21.8. The van der Waals surface area contributed by atoms with Gasteiger partial charge in [0.25, 0.3) is 0 Å². The van der Waals surface area contributed by atoms with Crippen molar-refractivity contribution in [3.63, 3.8) is 0 Å². The van der Waals surface area contributed by atoms with Gasteiger partial charge in [-0.25, -0.2) is 0 Å². The molecule has 3 nitrogen and oxygen atoms in total. The van der Waals surface area contributed by atoms with Crippen molar-refractivity contribution in [3.05, 3.63) is 0 Å². The minimum Gasteiger partial charge on any atom is -0.356 e. The van der Waals surface area contributed by atoms with E-state index in [1.165, 1.54) is 32.6 Å². The zero-order valence-electron chi connectivity index (χ0n) is 9.97. The van der Waals surface area contributed by atoms with Crippen LogP contribution in [0.4, 0.5) is 0 Å². The molecule has 0 aliphatic rings. The van der Waals surface area contributed by atoms with Crippen LogP contribution in [0.5, 0.6) is 0 Å². The quantitative estimate of drug-likeness (QED) is 0.598. The fraction of sp³-hybridized carbons (Fsp3) is 0.833. The van der Waals surface area contributed by atoms with E-state index in [0.717, 1.165) is 13.0 Å². The Morgan fingerprint density at radius 1 is 1.00 bits per heavy atom. The van der Waals surface area contributed by atoms with Gasteiger partial charge in [-0.2, -0.15) is 0 Å². The number of Topliss-reactive ketones (excluding diaryl/α,β-unsaturated/α-hetero) is 1. The normalized spacial score (nSPS) is 10.0. The molecule has 0 bridgehead atoms. The molecular formula is C12H23NO2. The lowest BCUT2D eigenvalue weighted by Crippen LogP contribution is -2.24. The summed E-state index contributed by atoms with van der Waals surface area (Å²) < 4.78 is 0. The number of rotatable bonds is 9. The Labute approximate surface area is 92.6 Å². The molecule has 1 N–H and O–H groups in total. The van der Waals surface area contributed by atoms with Crippen molar-refractivity contribution in [1.29, 1.82) is 0 Å². The second-order valence-electron chi connectivity index (χ2n) is 3.97. The van der Waals surface area contributed by atoms with Gasteiger partial charge in [-0.15, -0.1) is 0 Å². The molecule has 0 atom stereocenters. The minimum atomic E-state index is 0.000640. The molecule has 0 unspecified atom stereocenters. The number of carbonyl (C=O) groups is 2. The van der Waals surface area contributed by atoms with Crippen molar-refractivity contribution in [3.8, 4) is 0 Å². The molecule has 0 saturated heterocycles. The highest BCUT2D eigenvalue weighted by atomic mass is 16.2. The average Bonchev–Trinajstić information content (AvgIpc) is 2.20. The Hall–Kier alpha value is -0.860. The standard InChI is InChI=1S/C12H23NO2/c1-3-4-5-6-7-10-13-12(15)9-8-11(2)14/h3-10H2,1-2H3,(H,13,15). The van der Waals surface area contributed by atoms with Gasteiger partial charge < -0.3 is 10.1 Å². The fourth-order valence-electron chi connectivity index (χ4n) is 1.33. The van der Waals surface area contributed by atoms with Gasteiger partial charge in [-0.1, -0.05) is 32.6 Å². The first-order chi connectivity index (χ1) is 7.16. The summed E-state index contributed by atoms with van der Waals surface area (Å²) in [6.07, 6.45) is 6.70. The molecule has 0 saturated carbocycles. The maximum absolute atomic E-state index is 11.2. The van der Waals surface area contributed by atoms with Crippen LogP contribution in [0.15, 0.2) is 0 Å². The molecule has 0 spiro atoms. The Kier molecular flexibility index (Phi) is 9.13. The Morgan fingerprint density at radius 3 is 2.27 bits per heavy atom. The zero-order valence-corrected chi connectivity index (χ0v) is 9.97. The third-order valence-corrected chi connectivity index (χ3v) is 2.31. The van der Waals surface area contributed by atoms with Crippen molar-refractivity contribution >= 4 is 11.7 Å². The van der Waals surface area contributed by atoms with Gasteiger partial charge in [0.1, 0.15) is 5.78 Å². The smallest absolute Gasteiger partial charge is 0.220 e. The minimum absolute atomic E-state index is 0.000640. The lowest BCUT2D eigenvalue weighted by atomic mass is 10.1. The van der Waals surface area contributed by atoms with Gasteiger partial charge in [0.15, 0.2) is 0 Å². The van der Waals surface area contributed by atoms with Gasteiger partial charge in [-0.05, 0) is 13.3 Å². The number of ketones is 1. The Balaban J connectivity index is 3.20. The summed E-state index contributed by atoms with van der Waals surface area (Å²) in [6.45, 7) is 4.45. The third kappa shape index (κ3) is 11.1. The van der Waals surface area contributed by atoms with E-state index < -0.39 is 0 Å². The highest BCUT2D eigenvalue weighted by Gasteiger charge is 2.01. The van der Waals surface area contributed by atoms with Gasteiger partial charge >= 0.3 is 0 Å². The monoisotopic (exact) mass is 213 g/mol. The molecule has 0 fully saturated rings. The first kappa shape index (κ1) is 14.1. The second kappa shape index (κ2) is 9.69. The molecule has 1 amide bonds. The van der Waals surface area contributed by atoms with Crippen molar-refractivity contribution < 1.29 is 9.59 Å². The van der Waals surface area contributed by atoms with Crippen LogP contribution in [0.1, 0.15) is 58.8 Å². The zero-order chi connectivity index (χ0) is 11.5. The van der Waals surface area contributed by atoms with Gasteiger partial charge in [0, 0.05) is 19.4 Å². The van der Waals surface area contributed by atoms with Gasteiger partial charge in [0.05, 0.1) is 0 Å². The van der Waals surface area contributed by atoms with Crippen LogP contribution >= 0.6 is 0 Å². The molecule has 0 rings (SSSR count). The average molecular weight is 213 g/mol. The van der Waals surface area contributed by atoms with E-state index in [1.54, 1.807) is 0 Å². The van der Waals surface area contributed by atoms with E-state index in [-0.39, 0.29) is 11.7 Å².